The summed E-state index contributed by atoms with van der Waals surface area (Å²) in [4.78, 5) is 34.6. The number of amides is 1. The van der Waals surface area contributed by atoms with Crippen molar-refractivity contribution in [1.82, 2.24) is 19.5 Å². The molecule has 0 saturated carbocycles. The third kappa shape index (κ3) is 4.18. The van der Waals surface area contributed by atoms with Gasteiger partial charge in [-0.25, -0.2) is 15.0 Å². The molecule has 1 amide bonds. The van der Waals surface area contributed by atoms with Gasteiger partial charge in [0.25, 0.3) is 5.91 Å². The number of ether oxygens (including phenoxy) is 2. The molecule has 0 bridgehead atoms. The van der Waals surface area contributed by atoms with Crippen molar-refractivity contribution in [1.29, 1.82) is 0 Å². The van der Waals surface area contributed by atoms with Crippen LogP contribution in [0.5, 0.6) is 0 Å². The van der Waals surface area contributed by atoms with Gasteiger partial charge in [-0.05, 0) is 18.6 Å². The number of anilines is 1. The van der Waals surface area contributed by atoms with Gasteiger partial charge in [0.1, 0.15) is 12.4 Å². The van der Waals surface area contributed by atoms with Crippen molar-refractivity contribution in [2.75, 3.05) is 12.4 Å². The predicted molar refractivity (Wildman–Crippen MR) is 109 cm³/mol. The standard InChI is InChI=1S/C19H20N5O6P/c1-3-12-14(30-31(26)27)15(28-2)19(29-12)24-10-22-13-16(20-9-21-17(13)24)23-18(25)11-7-5-4-6-8-11/h4-10,12,14-15,19H,3H2,1-2H3,(H-,20,21,23,25,26,27)/p+1. The van der Waals surface area contributed by atoms with Crippen LogP contribution in [0.3, 0.4) is 0 Å². The van der Waals surface area contributed by atoms with Crippen molar-refractivity contribution in [3.8, 4) is 0 Å². The first-order chi connectivity index (χ1) is 15.0. The second-order valence-electron chi connectivity index (χ2n) is 6.85. The van der Waals surface area contributed by atoms with Crippen LogP contribution in [0.15, 0.2) is 43.0 Å². The molecule has 31 heavy (non-hydrogen) atoms. The smallest absolute Gasteiger partial charge is 0.374 e. The fraction of sp³-hybridized carbons (Fsp3) is 0.368. The molecule has 2 N–H and O–H groups in total. The minimum absolute atomic E-state index is 0.253. The molecule has 5 atom stereocenters. The van der Waals surface area contributed by atoms with E-state index in [1.807, 2.05) is 13.0 Å². The molecule has 3 aromatic rings. The van der Waals surface area contributed by atoms with Crippen LogP contribution in [-0.4, -0.2) is 55.7 Å². The van der Waals surface area contributed by atoms with Crippen LogP contribution >= 0.6 is 8.25 Å². The van der Waals surface area contributed by atoms with Crippen molar-refractivity contribution in [2.45, 2.75) is 37.9 Å². The molecule has 1 saturated heterocycles. The van der Waals surface area contributed by atoms with E-state index in [9.17, 15) is 14.3 Å². The van der Waals surface area contributed by atoms with E-state index in [4.69, 9.17) is 14.0 Å². The average molecular weight is 446 g/mol. The van der Waals surface area contributed by atoms with Crippen molar-refractivity contribution >= 4 is 31.1 Å². The molecule has 1 aliphatic rings. The van der Waals surface area contributed by atoms with Crippen molar-refractivity contribution in [3.05, 3.63) is 48.5 Å². The SMILES string of the molecule is CCC1OC(n2cnc3c(NC(=O)c4ccccc4)ncnc32)C(OC)C1O[P+](=O)O. The number of nitrogens with zero attached hydrogens (tertiary/aromatic N) is 4. The second kappa shape index (κ2) is 9.13. The van der Waals surface area contributed by atoms with Gasteiger partial charge in [-0.3, -0.25) is 9.36 Å². The number of imidazole rings is 1. The minimum atomic E-state index is -2.83. The molecule has 5 unspecified atom stereocenters. The molecule has 1 fully saturated rings. The van der Waals surface area contributed by atoms with E-state index in [1.54, 1.807) is 28.8 Å². The Morgan fingerprint density at radius 1 is 1.26 bits per heavy atom. The zero-order valence-corrected chi connectivity index (χ0v) is 17.7. The summed E-state index contributed by atoms with van der Waals surface area (Å²) >= 11 is 0. The quantitative estimate of drug-likeness (QED) is 0.524. The van der Waals surface area contributed by atoms with Gasteiger partial charge >= 0.3 is 8.25 Å². The van der Waals surface area contributed by atoms with Crippen molar-refractivity contribution < 1.29 is 28.3 Å². The van der Waals surface area contributed by atoms with E-state index < -0.39 is 32.8 Å². The summed E-state index contributed by atoms with van der Waals surface area (Å²) in [6.45, 7) is 1.88. The highest BCUT2D eigenvalue weighted by atomic mass is 31.1. The molecule has 12 heteroatoms. The lowest BCUT2D eigenvalue weighted by Gasteiger charge is -2.19. The number of aromatic nitrogens is 4. The summed E-state index contributed by atoms with van der Waals surface area (Å²) in [6, 6.07) is 8.75. The van der Waals surface area contributed by atoms with E-state index in [0.29, 0.717) is 23.1 Å². The molecule has 1 aromatic carbocycles. The molecule has 3 heterocycles. The number of benzene rings is 1. The third-order valence-corrected chi connectivity index (χ3v) is 5.50. The Hall–Kier alpha value is -2.82. The monoisotopic (exact) mass is 446 g/mol. The molecule has 11 nitrogen and oxygen atoms in total. The first-order valence-corrected chi connectivity index (χ1v) is 10.7. The van der Waals surface area contributed by atoms with Crippen LogP contribution in [0.4, 0.5) is 5.82 Å². The van der Waals surface area contributed by atoms with Gasteiger partial charge in [0.2, 0.25) is 0 Å². The largest absolute Gasteiger partial charge is 0.695 e. The molecule has 4 rings (SSSR count). The molecule has 2 aromatic heterocycles. The summed E-state index contributed by atoms with van der Waals surface area (Å²) in [5.74, 6) is -0.0730. The lowest BCUT2D eigenvalue weighted by atomic mass is 10.1. The minimum Gasteiger partial charge on any atom is -0.374 e. The Labute approximate surface area is 178 Å². The molecule has 0 spiro atoms. The fourth-order valence-electron chi connectivity index (χ4n) is 3.64. The lowest BCUT2D eigenvalue weighted by molar-refractivity contribution is -0.0492. The van der Waals surface area contributed by atoms with Crippen LogP contribution in [0.1, 0.15) is 29.9 Å². The fourth-order valence-corrected chi connectivity index (χ4v) is 4.11. The van der Waals surface area contributed by atoms with Crippen LogP contribution in [0, 0.1) is 0 Å². The highest BCUT2D eigenvalue weighted by molar-refractivity contribution is 7.32. The first kappa shape index (κ1) is 21.4. The molecule has 1 aliphatic heterocycles. The Balaban J connectivity index is 1.66. The summed E-state index contributed by atoms with van der Waals surface area (Å²) in [5, 5.41) is 2.75. The molecule has 162 valence electrons. The van der Waals surface area contributed by atoms with Crippen molar-refractivity contribution in [2.24, 2.45) is 0 Å². The van der Waals surface area contributed by atoms with Gasteiger partial charge in [-0.15, -0.1) is 9.42 Å². The highest BCUT2D eigenvalue weighted by Gasteiger charge is 2.50. The van der Waals surface area contributed by atoms with E-state index in [-0.39, 0.29) is 11.7 Å². The number of carbonyl (C=O) groups excluding carboxylic acids is 1. The topological polar surface area (TPSA) is 138 Å². The van der Waals surface area contributed by atoms with Gasteiger partial charge in [0.15, 0.2) is 29.3 Å². The Kier molecular flexibility index (Phi) is 6.30. The summed E-state index contributed by atoms with van der Waals surface area (Å²) in [7, 11) is -1.36. The number of fused-ring (bicyclic) bond motifs is 1. The summed E-state index contributed by atoms with van der Waals surface area (Å²) in [5.41, 5.74) is 1.27. The zero-order valence-electron chi connectivity index (χ0n) is 16.8. The first-order valence-electron chi connectivity index (χ1n) is 9.58. The van der Waals surface area contributed by atoms with Gasteiger partial charge < -0.3 is 14.8 Å². The lowest BCUT2D eigenvalue weighted by Crippen LogP contribution is -2.34. The van der Waals surface area contributed by atoms with Crippen LogP contribution in [0.25, 0.3) is 11.2 Å². The number of hydrogen-bond acceptors (Lipinski definition) is 8. The molecular weight excluding hydrogens is 425 g/mol. The number of nitrogens with one attached hydrogen (secondary N) is 1. The maximum Gasteiger partial charge on any atom is 0.695 e. The molecule has 0 aliphatic carbocycles. The molecular formula is C19H21N5O6P+. The number of hydrogen-bond donors (Lipinski definition) is 2. The van der Waals surface area contributed by atoms with E-state index in [2.05, 4.69) is 20.3 Å². The number of rotatable bonds is 7. The van der Waals surface area contributed by atoms with E-state index in [1.165, 1.54) is 19.8 Å². The second-order valence-corrected chi connectivity index (χ2v) is 7.53. The summed E-state index contributed by atoms with van der Waals surface area (Å²) in [6.07, 6.45) is 0.779. The predicted octanol–water partition coefficient (Wildman–Crippen LogP) is 2.44. The number of methoxy groups -OCH3 is 1. The zero-order chi connectivity index (χ0) is 22.0. The Morgan fingerprint density at radius 2 is 2.03 bits per heavy atom. The maximum absolute atomic E-state index is 12.5. The van der Waals surface area contributed by atoms with E-state index >= 15 is 0 Å². The van der Waals surface area contributed by atoms with Gasteiger partial charge in [-0.1, -0.05) is 25.1 Å². The maximum atomic E-state index is 12.5. The normalized spacial score (nSPS) is 23.8. The van der Waals surface area contributed by atoms with Gasteiger partial charge in [0, 0.05) is 17.2 Å². The van der Waals surface area contributed by atoms with Gasteiger partial charge in [-0.2, -0.15) is 0 Å². The Bertz CT molecular complexity index is 1090. The van der Waals surface area contributed by atoms with E-state index in [0.717, 1.165) is 0 Å². The highest BCUT2D eigenvalue weighted by Crippen LogP contribution is 2.39. The van der Waals surface area contributed by atoms with Gasteiger partial charge in [0.05, 0.1) is 12.4 Å². The van der Waals surface area contributed by atoms with Crippen LogP contribution in [0.2, 0.25) is 0 Å². The average Bonchev–Trinajstić information content (AvgIpc) is 3.35. The number of carbonyl (C=O) groups is 1. The third-order valence-electron chi connectivity index (χ3n) is 5.07. The Morgan fingerprint density at radius 3 is 2.71 bits per heavy atom. The van der Waals surface area contributed by atoms with Crippen LogP contribution in [-0.2, 0) is 18.6 Å². The summed E-state index contributed by atoms with van der Waals surface area (Å²) < 4.78 is 29.7. The van der Waals surface area contributed by atoms with Crippen LogP contribution < -0.4 is 5.32 Å². The molecule has 0 radical (unpaired) electrons. The van der Waals surface area contributed by atoms with Crippen molar-refractivity contribution in [3.63, 3.8) is 0 Å².